The van der Waals surface area contributed by atoms with Gasteiger partial charge < -0.3 is 111 Å². The molecule has 0 spiro atoms. The number of hydrogen-bond acceptors (Lipinski definition) is 12. The van der Waals surface area contributed by atoms with Gasteiger partial charge in [0.1, 0.15) is 0 Å². The number of carbonyl (C=O) groups excluding carboxylic acids is 4. The molecule has 0 aromatic carbocycles. The smallest absolute Gasteiger partial charge is 0.778 e. The topological polar surface area (TPSA) is 227 Å². The minimum Gasteiger partial charge on any atom is -0.778 e. The number of rotatable bonds is 12. The minimum atomic E-state index is -1.19. The van der Waals surface area contributed by atoms with Crippen molar-refractivity contribution in [2.24, 2.45) is 0 Å². The second-order valence-electron chi connectivity index (χ2n) is 20.4. The summed E-state index contributed by atoms with van der Waals surface area (Å²) in [7, 11) is 0. The van der Waals surface area contributed by atoms with Gasteiger partial charge >= 0.3 is 89.5 Å². The van der Waals surface area contributed by atoms with Crippen LogP contribution in [0.1, 0.15) is 214 Å². The Bertz CT molecular complexity index is 1280. The summed E-state index contributed by atoms with van der Waals surface area (Å²) in [6, 6.07) is 6.00. The Hall–Kier alpha value is 0.521. The van der Waals surface area contributed by atoms with E-state index in [1.54, 1.807) is 0 Å². The number of allylic oxidation sites excluding steroid dienone is 4. The molecule has 0 radical (unpaired) electrons. The fraction of sp³-hybridized carbons (Fsp3) is 0.769. The molecule has 4 rings (SSSR count). The molecule has 0 bridgehead atoms. The van der Waals surface area contributed by atoms with E-state index in [0.717, 1.165) is 173 Å². The summed E-state index contributed by atoms with van der Waals surface area (Å²) in [6.45, 7) is 35.3. The summed E-state index contributed by atoms with van der Waals surface area (Å²) >= 11 is 18.6. The predicted octanol–water partition coefficient (Wildman–Crippen LogP) is 1.90. The van der Waals surface area contributed by atoms with Crippen LogP contribution < -0.4 is 41.7 Å². The minimum absolute atomic E-state index is 0. The van der Waals surface area contributed by atoms with Crippen LogP contribution in [-0.4, -0.2) is 72.2 Å². The average Bonchev–Trinajstić information content (AvgIpc) is 4.05. The van der Waals surface area contributed by atoms with Crippen LogP contribution in [0.2, 0.25) is 0 Å². The molecule has 0 saturated heterocycles. The Balaban J connectivity index is -0.000000108. The van der Waals surface area contributed by atoms with Gasteiger partial charge in [-0.1, -0.05) is 22.3 Å². The van der Waals surface area contributed by atoms with Gasteiger partial charge in [-0.15, -0.1) is 0 Å². The van der Waals surface area contributed by atoms with E-state index in [0.29, 0.717) is 0 Å². The van der Waals surface area contributed by atoms with E-state index >= 15 is 0 Å². The first-order valence-corrected chi connectivity index (χ1v) is 26.8. The molecule has 0 atom stereocenters. The van der Waals surface area contributed by atoms with Gasteiger partial charge in [-0.25, -0.2) is 0 Å². The van der Waals surface area contributed by atoms with Crippen LogP contribution in [0.25, 0.3) is 0 Å². The third-order valence-corrected chi connectivity index (χ3v) is 11.8. The number of carboxylic acids is 4. The molecule has 20 heteroatoms. The summed E-state index contributed by atoms with van der Waals surface area (Å²) in [5.74, 6) is -4.75. The van der Waals surface area contributed by atoms with Crippen molar-refractivity contribution in [2.75, 3.05) is 0 Å². The molecule has 4 saturated carbocycles. The fourth-order valence-corrected chi connectivity index (χ4v) is 8.59. The Kier molecular flexibility index (Phi) is 67.9. The molecule has 8 N–H and O–H groups in total. The second-order valence-corrected chi connectivity index (χ2v) is 22.1. The largest absolute Gasteiger partial charge is 1.00 e. The normalized spacial score (nSPS) is 14.0. The van der Waals surface area contributed by atoms with Crippen molar-refractivity contribution in [3.05, 3.63) is 41.9 Å². The van der Waals surface area contributed by atoms with Gasteiger partial charge in [-0.05, 0) is 214 Å². The van der Waals surface area contributed by atoms with Gasteiger partial charge in [0.05, 0.1) is 48.3 Å². The van der Waals surface area contributed by atoms with Crippen molar-refractivity contribution in [3.8, 4) is 0 Å². The molecule has 4 aliphatic rings. The molecule has 0 aliphatic heterocycles. The molecule has 0 aromatic heterocycles. The van der Waals surface area contributed by atoms with E-state index in [9.17, 15) is 39.6 Å². The van der Waals surface area contributed by atoms with Crippen molar-refractivity contribution in [2.45, 2.75) is 262 Å². The Morgan fingerprint density at radius 1 is 0.292 bits per heavy atom. The van der Waals surface area contributed by atoms with Crippen LogP contribution >= 0.6 is 0 Å². The molecular formula is C52H96Ag4N4O8S4. The molecular weight excluding hydrogens is 1370 g/mol. The number of quaternary nitrogens is 4. The van der Waals surface area contributed by atoms with E-state index in [1.165, 1.54) is 0 Å². The van der Waals surface area contributed by atoms with Crippen molar-refractivity contribution in [1.29, 1.82) is 0 Å². The summed E-state index contributed by atoms with van der Waals surface area (Å²) in [6.07, 6.45) is 15.4. The van der Waals surface area contributed by atoms with Crippen LogP contribution in [-0.2, 0) is 159 Å². The maximum Gasteiger partial charge on any atom is 1.00 e. The number of hydrogen-bond donors (Lipinski definition) is 4. The summed E-state index contributed by atoms with van der Waals surface area (Å²) < 4.78 is 0. The third-order valence-electron chi connectivity index (χ3n) is 9.93. The predicted molar refractivity (Wildman–Crippen MR) is 280 cm³/mol. The van der Waals surface area contributed by atoms with Crippen LogP contribution in [0, 0.1) is 0 Å². The Morgan fingerprint density at radius 2 is 0.389 bits per heavy atom. The summed E-state index contributed by atoms with van der Waals surface area (Å²) in [5.41, 5.74) is 3.59. The number of aliphatic carboxylic acids is 4. The molecule has 72 heavy (non-hydrogen) atoms. The van der Waals surface area contributed by atoms with Crippen LogP contribution in [0.4, 0.5) is 0 Å². The monoisotopic (exact) mass is 1460 g/mol. The van der Waals surface area contributed by atoms with Gasteiger partial charge in [0, 0.05) is 23.9 Å². The third kappa shape index (κ3) is 58.2. The van der Waals surface area contributed by atoms with Gasteiger partial charge in [-0.3, -0.25) is 0 Å². The zero-order chi connectivity index (χ0) is 53.7. The summed E-state index contributed by atoms with van der Waals surface area (Å²) in [5, 5.41) is 50.2. The number of carbonyl (C=O) groups is 4. The van der Waals surface area contributed by atoms with E-state index in [-0.39, 0.29) is 109 Å². The van der Waals surface area contributed by atoms with E-state index in [2.05, 4.69) is 183 Å². The first-order chi connectivity index (χ1) is 31.4. The zero-order valence-electron chi connectivity index (χ0n) is 46.3. The van der Waals surface area contributed by atoms with Crippen LogP contribution in [0.15, 0.2) is 41.9 Å². The Morgan fingerprint density at radius 3 is 0.444 bits per heavy atom. The molecule has 4 aliphatic carbocycles. The maximum atomic E-state index is 10.2. The van der Waals surface area contributed by atoms with Gasteiger partial charge in [0.2, 0.25) is 0 Å². The van der Waals surface area contributed by atoms with E-state index in [4.69, 9.17) is 0 Å². The van der Waals surface area contributed by atoms with Crippen LogP contribution in [0.5, 0.6) is 0 Å². The van der Waals surface area contributed by atoms with E-state index < -0.39 is 23.9 Å². The first kappa shape index (κ1) is 89.1. The van der Waals surface area contributed by atoms with Gasteiger partial charge in [0.15, 0.2) is 0 Å². The van der Waals surface area contributed by atoms with Gasteiger partial charge in [-0.2, -0.15) is 19.6 Å². The van der Waals surface area contributed by atoms with E-state index in [1.807, 2.05) is 0 Å². The average molecular weight is 1470 g/mol. The maximum absolute atomic E-state index is 10.2. The fourth-order valence-electron chi connectivity index (χ4n) is 7.77. The summed E-state index contributed by atoms with van der Waals surface area (Å²) in [4.78, 5) is 41.0. The van der Waals surface area contributed by atoms with Crippen LogP contribution in [0.3, 0.4) is 0 Å². The van der Waals surface area contributed by atoms with Gasteiger partial charge in [0.25, 0.3) is 0 Å². The Labute approximate surface area is 523 Å². The van der Waals surface area contributed by atoms with Crippen molar-refractivity contribution in [3.63, 3.8) is 0 Å². The molecule has 4 fully saturated rings. The molecule has 0 unspecified atom stereocenters. The standard InChI is InChI=1S/4C7H10O2S.4C6H15N.4Ag/c4*8-7(9)6(10)5-3-1-2-4-5;4*1-5(2)7-6(3)4;;;;/h4*10H,1-4H2,(H,8,9);4*5-7H,1-4H3;;;;/q;;;;;;;;4*+1/p-4. The molecule has 0 aromatic rings. The van der Waals surface area contributed by atoms with Crippen molar-refractivity contribution >= 4 is 74.4 Å². The number of nitrogens with two attached hydrogens (primary N) is 4. The molecule has 440 valence electrons. The SMILES string of the molecule is CC(C)[NH2+]C(C)C.CC(C)[NH2+]C(C)C.CC(C)[NH2+]C(C)C.CC(C)[NH2+]C(C)C.O=C([O-])C([S-])=C1CCCC1.O=C([O-])C([S-])=C1CCCC1.O=C([O-])C([S-])=C1CCCC1.O=C([O-])C([S-])=C1CCCC1.[Ag+].[Ag+].[Ag+].[Ag+]. The van der Waals surface area contributed by atoms with Crippen molar-refractivity contribution < 1.29 is 150 Å². The quantitative estimate of drug-likeness (QED) is 0.125. The molecule has 0 heterocycles. The first-order valence-electron chi connectivity index (χ1n) is 25.2. The molecule has 12 nitrogen and oxygen atoms in total. The zero-order valence-corrected chi connectivity index (χ0v) is 55.5. The number of carboxylic acid groups (broad SMARTS) is 4. The molecule has 0 amide bonds. The van der Waals surface area contributed by atoms with Crippen molar-refractivity contribution in [1.82, 2.24) is 0 Å². The second kappa shape index (κ2) is 54.9.